The van der Waals surface area contributed by atoms with Gasteiger partial charge in [-0.3, -0.25) is 0 Å². The van der Waals surface area contributed by atoms with E-state index in [1.807, 2.05) is 7.05 Å². The highest BCUT2D eigenvalue weighted by Crippen LogP contribution is 2.16. The topological polar surface area (TPSA) is 9.29 Å². The third-order valence-electron chi connectivity index (χ3n) is 2.46. The molecule has 0 radical (unpaired) electrons. The highest BCUT2D eigenvalue weighted by atomic mass is 14.9. The number of rotatable bonds is 2. The van der Waals surface area contributed by atoms with Crippen LogP contribution >= 0.6 is 0 Å². The maximum Gasteiger partial charge on any atom is 0.218 e. The van der Waals surface area contributed by atoms with Gasteiger partial charge in [-0.15, -0.1) is 0 Å². The lowest BCUT2D eigenvalue weighted by Gasteiger charge is -1.99. The average molecular weight is 184 g/mol. The van der Waals surface area contributed by atoms with E-state index in [2.05, 4.69) is 39.9 Å². The molecule has 0 saturated heterocycles. The first-order chi connectivity index (χ1) is 6.81. The number of nitrogens with zero attached hydrogens (tertiary/aromatic N) is 2. The van der Waals surface area contributed by atoms with Crippen LogP contribution in [0.4, 0.5) is 0 Å². The molecule has 2 aromatic rings. The van der Waals surface area contributed by atoms with Gasteiger partial charge in [0.1, 0.15) is 0 Å². The Kier molecular flexibility index (Phi) is 2.24. The van der Waals surface area contributed by atoms with Crippen molar-refractivity contribution in [1.82, 2.24) is 4.57 Å². The lowest BCUT2D eigenvalue weighted by Crippen LogP contribution is -1.89. The molecule has 0 amide bonds. The molecule has 2 rings (SSSR count). The molecule has 70 valence electrons. The van der Waals surface area contributed by atoms with Gasteiger partial charge < -0.3 is 9.41 Å². The minimum atomic E-state index is 0.579. The quantitative estimate of drug-likeness (QED) is 0.635. The minimum Gasteiger partial charge on any atom is -0.351 e. The first kappa shape index (κ1) is 8.83. The fourth-order valence-electron chi connectivity index (χ4n) is 1.65. The van der Waals surface area contributed by atoms with Crippen molar-refractivity contribution in [2.24, 2.45) is 7.05 Å². The fourth-order valence-corrected chi connectivity index (χ4v) is 1.65. The van der Waals surface area contributed by atoms with Crippen molar-refractivity contribution in [3.05, 3.63) is 47.4 Å². The summed E-state index contributed by atoms with van der Waals surface area (Å²) in [4.78, 5) is 3.36. The summed E-state index contributed by atoms with van der Waals surface area (Å²) in [6.45, 7) is 7.33. The Hall–Kier alpha value is -1.75. The molecule has 0 N–H and O–H groups in total. The molecule has 2 heteroatoms. The summed E-state index contributed by atoms with van der Waals surface area (Å²) >= 11 is 0. The largest absolute Gasteiger partial charge is 0.351 e. The predicted molar refractivity (Wildman–Crippen MR) is 58.1 cm³/mol. The minimum absolute atomic E-state index is 0.579. The third kappa shape index (κ3) is 1.49. The van der Waals surface area contributed by atoms with Crippen LogP contribution in [0.3, 0.4) is 0 Å². The van der Waals surface area contributed by atoms with Crippen LogP contribution in [0.2, 0.25) is 0 Å². The molecule has 0 bridgehead atoms. The SMILES string of the molecule is [C-]#[N+]CCc1ccc2ccn(C)c2c1. The van der Waals surface area contributed by atoms with Gasteiger partial charge in [0.15, 0.2) is 0 Å². The van der Waals surface area contributed by atoms with E-state index in [0.29, 0.717) is 6.54 Å². The molecule has 0 spiro atoms. The predicted octanol–water partition coefficient (Wildman–Crippen LogP) is 2.64. The van der Waals surface area contributed by atoms with Crippen molar-refractivity contribution >= 4 is 10.9 Å². The van der Waals surface area contributed by atoms with Crippen molar-refractivity contribution in [3.63, 3.8) is 0 Å². The summed E-state index contributed by atoms with van der Waals surface area (Å²) in [5.41, 5.74) is 2.49. The second kappa shape index (κ2) is 3.55. The molecular formula is C12H12N2. The van der Waals surface area contributed by atoms with E-state index in [4.69, 9.17) is 6.57 Å². The van der Waals surface area contributed by atoms with Crippen molar-refractivity contribution in [2.75, 3.05) is 6.54 Å². The number of aryl methyl sites for hydroxylation is 1. The van der Waals surface area contributed by atoms with Crippen LogP contribution < -0.4 is 0 Å². The molecule has 1 aromatic heterocycles. The van der Waals surface area contributed by atoms with E-state index >= 15 is 0 Å². The van der Waals surface area contributed by atoms with E-state index in [9.17, 15) is 0 Å². The van der Waals surface area contributed by atoms with Gasteiger partial charge in [0, 0.05) is 25.2 Å². The van der Waals surface area contributed by atoms with E-state index in [1.54, 1.807) is 0 Å². The Morgan fingerprint density at radius 3 is 3.00 bits per heavy atom. The molecular weight excluding hydrogens is 172 g/mol. The molecule has 1 aromatic carbocycles. The third-order valence-corrected chi connectivity index (χ3v) is 2.46. The number of aromatic nitrogens is 1. The molecule has 0 aliphatic carbocycles. The summed E-state index contributed by atoms with van der Waals surface area (Å²) < 4.78 is 2.11. The van der Waals surface area contributed by atoms with Gasteiger partial charge in [-0.25, -0.2) is 6.57 Å². The molecule has 0 unspecified atom stereocenters. The molecule has 0 aliphatic rings. The smallest absolute Gasteiger partial charge is 0.218 e. The van der Waals surface area contributed by atoms with Gasteiger partial charge in [0.25, 0.3) is 0 Å². The van der Waals surface area contributed by atoms with Gasteiger partial charge in [0.2, 0.25) is 6.54 Å². The Morgan fingerprint density at radius 1 is 1.36 bits per heavy atom. The highest BCUT2D eigenvalue weighted by molar-refractivity contribution is 5.80. The number of benzene rings is 1. The Labute approximate surface area is 83.6 Å². The zero-order chi connectivity index (χ0) is 9.97. The molecule has 14 heavy (non-hydrogen) atoms. The van der Waals surface area contributed by atoms with Crippen LogP contribution in [0.1, 0.15) is 5.56 Å². The maximum absolute atomic E-state index is 6.75. The summed E-state index contributed by atoms with van der Waals surface area (Å²) in [7, 11) is 2.04. The summed E-state index contributed by atoms with van der Waals surface area (Å²) in [6.07, 6.45) is 2.91. The molecule has 2 nitrogen and oxygen atoms in total. The Morgan fingerprint density at radius 2 is 2.21 bits per heavy atom. The average Bonchev–Trinajstić information content (AvgIpc) is 2.57. The fraction of sp³-hybridized carbons (Fsp3) is 0.250. The Balaban J connectivity index is 2.40. The van der Waals surface area contributed by atoms with Gasteiger partial charge in [-0.1, -0.05) is 12.1 Å². The zero-order valence-corrected chi connectivity index (χ0v) is 8.20. The molecule has 0 fully saturated rings. The van der Waals surface area contributed by atoms with Crippen LogP contribution in [0, 0.1) is 6.57 Å². The molecule has 0 atom stereocenters. The normalized spacial score (nSPS) is 10.3. The van der Waals surface area contributed by atoms with Crippen LogP contribution in [-0.2, 0) is 13.5 Å². The van der Waals surface area contributed by atoms with E-state index in [1.165, 1.54) is 16.5 Å². The number of hydrogen-bond donors (Lipinski definition) is 0. The highest BCUT2D eigenvalue weighted by Gasteiger charge is 2.00. The van der Waals surface area contributed by atoms with Crippen LogP contribution in [0.25, 0.3) is 15.7 Å². The second-order valence-electron chi connectivity index (χ2n) is 3.45. The van der Waals surface area contributed by atoms with Crippen LogP contribution in [0.15, 0.2) is 30.5 Å². The summed E-state index contributed by atoms with van der Waals surface area (Å²) in [6, 6.07) is 8.50. The van der Waals surface area contributed by atoms with E-state index in [-0.39, 0.29) is 0 Å². The van der Waals surface area contributed by atoms with Crippen LogP contribution in [0.5, 0.6) is 0 Å². The zero-order valence-electron chi connectivity index (χ0n) is 8.20. The lowest BCUT2D eigenvalue weighted by molar-refractivity contribution is 0.965. The van der Waals surface area contributed by atoms with Crippen LogP contribution in [-0.4, -0.2) is 11.1 Å². The van der Waals surface area contributed by atoms with Crippen molar-refractivity contribution < 1.29 is 0 Å². The lowest BCUT2D eigenvalue weighted by atomic mass is 10.1. The molecule has 0 saturated carbocycles. The van der Waals surface area contributed by atoms with E-state index in [0.717, 1.165) is 6.42 Å². The second-order valence-corrected chi connectivity index (χ2v) is 3.45. The number of fused-ring (bicyclic) bond motifs is 1. The van der Waals surface area contributed by atoms with Gasteiger partial charge in [0.05, 0.1) is 0 Å². The first-order valence-corrected chi connectivity index (χ1v) is 4.68. The summed E-state index contributed by atoms with van der Waals surface area (Å²) in [5.74, 6) is 0. The van der Waals surface area contributed by atoms with Gasteiger partial charge >= 0.3 is 0 Å². The first-order valence-electron chi connectivity index (χ1n) is 4.68. The van der Waals surface area contributed by atoms with Crippen molar-refractivity contribution in [1.29, 1.82) is 0 Å². The molecule has 0 aliphatic heterocycles. The number of hydrogen-bond acceptors (Lipinski definition) is 0. The molecule has 1 heterocycles. The van der Waals surface area contributed by atoms with Crippen molar-refractivity contribution in [3.8, 4) is 0 Å². The Bertz CT molecular complexity index is 488. The van der Waals surface area contributed by atoms with Crippen molar-refractivity contribution in [2.45, 2.75) is 6.42 Å². The standard InChI is InChI=1S/C12H12N2/c1-13-7-5-10-3-4-11-6-8-14(2)12(11)9-10/h3-4,6,8-9H,5,7H2,2H3. The maximum atomic E-state index is 6.75. The van der Waals surface area contributed by atoms with Gasteiger partial charge in [-0.05, 0) is 23.1 Å². The monoisotopic (exact) mass is 184 g/mol. The van der Waals surface area contributed by atoms with E-state index < -0.39 is 0 Å². The van der Waals surface area contributed by atoms with Gasteiger partial charge in [-0.2, -0.15) is 0 Å². The summed E-state index contributed by atoms with van der Waals surface area (Å²) in [5, 5.41) is 1.26.